The lowest BCUT2D eigenvalue weighted by molar-refractivity contribution is 0.179. The lowest BCUT2D eigenvalue weighted by Crippen LogP contribution is -2.40. The second-order valence-electron chi connectivity index (χ2n) is 5.57. The summed E-state index contributed by atoms with van der Waals surface area (Å²) in [5, 5.41) is 10.2. The van der Waals surface area contributed by atoms with Crippen LogP contribution in [0.15, 0.2) is 41.5 Å². The zero-order valence-electron chi connectivity index (χ0n) is 14.4. The van der Waals surface area contributed by atoms with Gasteiger partial charge in [-0.15, -0.1) is 0 Å². The van der Waals surface area contributed by atoms with Gasteiger partial charge in [0.2, 0.25) is 0 Å². The summed E-state index contributed by atoms with van der Waals surface area (Å²) in [6, 6.07) is 12.3. The first-order chi connectivity index (χ1) is 11.5. The lowest BCUT2D eigenvalue weighted by atomic mass is 10.0. The van der Waals surface area contributed by atoms with E-state index in [-0.39, 0.29) is 6.04 Å². The van der Waals surface area contributed by atoms with E-state index in [1.807, 2.05) is 38.1 Å². The molecule has 6 heteroatoms. The van der Waals surface area contributed by atoms with Gasteiger partial charge in [0.1, 0.15) is 5.75 Å². The van der Waals surface area contributed by atoms with E-state index < -0.39 is 0 Å². The van der Waals surface area contributed by atoms with Crippen molar-refractivity contribution in [2.45, 2.75) is 19.9 Å². The van der Waals surface area contributed by atoms with E-state index in [1.165, 1.54) is 0 Å². The maximum atomic E-state index is 5.25. The minimum atomic E-state index is 0.126. The molecular formula is C18H23N3O2S. The van der Waals surface area contributed by atoms with Crippen molar-refractivity contribution in [3.63, 3.8) is 0 Å². The predicted molar refractivity (Wildman–Crippen MR) is 103 cm³/mol. The second kappa shape index (κ2) is 8.61. The smallest absolute Gasteiger partial charge is 0.187 e. The molecule has 0 aromatic heterocycles. The molecule has 0 aliphatic carbocycles. The third-order valence-corrected chi connectivity index (χ3v) is 3.79. The molecular weight excluding hydrogens is 322 g/mol. The van der Waals surface area contributed by atoms with E-state index in [0.29, 0.717) is 11.7 Å². The normalized spacial score (nSPS) is 12.8. The molecule has 0 spiro atoms. The van der Waals surface area contributed by atoms with Crippen LogP contribution in [0.25, 0.3) is 10.8 Å². The summed E-state index contributed by atoms with van der Waals surface area (Å²) >= 11 is 5.22. The number of methoxy groups -OCH3 is 2. The van der Waals surface area contributed by atoms with Gasteiger partial charge in [0.15, 0.2) is 5.11 Å². The van der Waals surface area contributed by atoms with Crippen molar-refractivity contribution in [3.05, 3.63) is 42.0 Å². The summed E-state index contributed by atoms with van der Waals surface area (Å²) < 4.78 is 10.3. The predicted octanol–water partition coefficient (Wildman–Crippen LogP) is 3.07. The Balaban J connectivity index is 2.07. The van der Waals surface area contributed by atoms with Crippen LogP contribution < -0.4 is 15.5 Å². The molecule has 0 aliphatic rings. The summed E-state index contributed by atoms with van der Waals surface area (Å²) in [5.41, 5.74) is 4.76. The minimum absolute atomic E-state index is 0.126. The van der Waals surface area contributed by atoms with Gasteiger partial charge in [-0.25, -0.2) is 0 Å². The van der Waals surface area contributed by atoms with Crippen molar-refractivity contribution in [2.24, 2.45) is 5.10 Å². The molecule has 0 amide bonds. The molecule has 128 valence electrons. The number of benzene rings is 2. The van der Waals surface area contributed by atoms with Gasteiger partial charge < -0.3 is 14.8 Å². The van der Waals surface area contributed by atoms with Crippen LogP contribution in [0.3, 0.4) is 0 Å². The summed E-state index contributed by atoms with van der Waals surface area (Å²) in [7, 11) is 3.33. The molecule has 2 rings (SSSR count). The fourth-order valence-electron chi connectivity index (χ4n) is 2.32. The third kappa shape index (κ3) is 4.91. The fraction of sp³-hybridized carbons (Fsp3) is 0.333. The van der Waals surface area contributed by atoms with Crippen molar-refractivity contribution in [1.29, 1.82) is 0 Å². The summed E-state index contributed by atoms with van der Waals surface area (Å²) in [4.78, 5) is 0. The van der Waals surface area contributed by atoms with E-state index in [4.69, 9.17) is 21.7 Å². The van der Waals surface area contributed by atoms with Gasteiger partial charge in [-0.05, 0) is 60.6 Å². The maximum Gasteiger partial charge on any atom is 0.187 e. The van der Waals surface area contributed by atoms with Gasteiger partial charge in [0.05, 0.1) is 19.4 Å². The van der Waals surface area contributed by atoms with Gasteiger partial charge in [0, 0.05) is 13.2 Å². The number of hydrogen-bond donors (Lipinski definition) is 2. The van der Waals surface area contributed by atoms with E-state index in [1.54, 1.807) is 14.2 Å². The SMILES string of the molecule is COC[C@@H](C)NC(=S)N/N=C(/C)c1ccc2cc(OC)ccc2c1. The average molecular weight is 345 g/mol. The van der Waals surface area contributed by atoms with Gasteiger partial charge in [-0.3, -0.25) is 5.43 Å². The van der Waals surface area contributed by atoms with Crippen molar-refractivity contribution in [2.75, 3.05) is 20.8 Å². The molecule has 24 heavy (non-hydrogen) atoms. The van der Waals surface area contributed by atoms with Crippen LogP contribution in [0, 0.1) is 0 Å². The summed E-state index contributed by atoms with van der Waals surface area (Å²) in [5.74, 6) is 0.851. The van der Waals surface area contributed by atoms with Crippen LogP contribution in [-0.2, 0) is 4.74 Å². The van der Waals surface area contributed by atoms with Gasteiger partial charge in [-0.1, -0.05) is 18.2 Å². The van der Waals surface area contributed by atoms with Gasteiger partial charge >= 0.3 is 0 Å². The Morgan fingerprint density at radius 1 is 1.17 bits per heavy atom. The zero-order valence-corrected chi connectivity index (χ0v) is 15.2. The first-order valence-corrected chi connectivity index (χ1v) is 8.12. The Kier molecular flexibility index (Phi) is 6.52. The largest absolute Gasteiger partial charge is 0.497 e. The Morgan fingerprint density at radius 3 is 2.58 bits per heavy atom. The third-order valence-electron chi connectivity index (χ3n) is 3.58. The highest BCUT2D eigenvalue weighted by Gasteiger charge is 2.04. The van der Waals surface area contributed by atoms with Crippen LogP contribution in [0.4, 0.5) is 0 Å². The first-order valence-electron chi connectivity index (χ1n) is 7.71. The molecule has 0 bridgehead atoms. The Bertz CT molecular complexity index is 746. The van der Waals surface area contributed by atoms with Crippen LogP contribution >= 0.6 is 12.2 Å². The number of hydrazone groups is 1. The maximum absolute atomic E-state index is 5.25. The first kappa shape index (κ1) is 18.2. The number of ether oxygens (including phenoxy) is 2. The lowest BCUT2D eigenvalue weighted by Gasteiger charge is -2.14. The molecule has 0 aliphatic heterocycles. The highest BCUT2D eigenvalue weighted by Crippen LogP contribution is 2.22. The number of hydrogen-bond acceptors (Lipinski definition) is 4. The number of nitrogens with zero attached hydrogens (tertiary/aromatic N) is 1. The van der Waals surface area contributed by atoms with E-state index in [0.717, 1.165) is 27.8 Å². The molecule has 2 N–H and O–H groups in total. The molecule has 0 heterocycles. The summed E-state index contributed by atoms with van der Waals surface area (Å²) in [6.07, 6.45) is 0. The number of rotatable bonds is 6. The highest BCUT2D eigenvalue weighted by atomic mass is 32.1. The molecule has 0 saturated carbocycles. The van der Waals surface area contributed by atoms with E-state index in [9.17, 15) is 0 Å². The van der Waals surface area contributed by atoms with Crippen LogP contribution in [0.2, 0.25) is 0 Å². The fourth-order valence-corrected chi connectivity index (χ4v) is 2.57. The van der Waals surface area contributed by atoms with Gasteiger partial charge in [0.25, 0.3) is 0 Å². The van der Waals surface area contributed by atoms with E-state index in [2.05, 4.69) is 28.0 Å². The Morgan fingerprint density at radius 2 is 1.88 bits per heavy atom. The van der Waals surface area contributed by atoms with Crippen molar-refractivity contribution < 1.29 is 9.47 Å². The standard InChI is InChI=1S/C18H23N3O2S/c1-12(11-22-3)19-18(24)21-20-13(2)14-5-6-16-10-17(23-4)8-7-15(16)9-14/h5-10,12H,11H2,1-4H3,(H2,19,21,24)/b20-13-/t12-/m1/s1. The molecule has 0 unspecified atom stereocenters. The molecule has 0 saturated heterocycles. The molecule has 5 nitrogen and oxygen atoms in total. The molecule has 2 aromatic carbocycles. The van der Waals surface area contributed by atoms with Crippen molar-refractivity contribution >= 4 is 33.8 Å². The Labute approximate surface area is 148 Å². The number of thiocarbonyl (C=S) groups is 1. The Hall–Kier alpha value is -2.18. The molecule has 0 radical (unpaired) electrons. The van der Waals surface area contributed by atoms with Crippen LogP contribution in [0.1, 0.15) is 19.4 Å². The van der Waals surface area contributed by atoms with Crippen LogP contribution in [0.5, 0.6) is 5.75 Å². The van der Waals surface area contributed by atoms with Crippen LogP contribution in [-0.4, -0.2) is 37.7 Å². The molecule has 0 fully saturated rings. The van der Waals surface area contributed by atoms with Gasteiger partial charge in [-0.2, -0.15) is 5.10 Å². The molecule has 1 atom stereocenters. The van der Waals surface area contributed by atoms with Crippen molar-refractivity contribution in [3.8, 4) is 5.75 Å². The minimum Gasteiger partial charge on any atom is -0.497 e. The quantitative estimate of drug-likeness (QED) is 0.479. The average Bonchev–Trinajstić information content (AvgIpc) is 2.58. The second-order valence-corrected chi connectivity index (χ2v) is 5.97. The van der Waals surface area contributed by atoms with E-state index >= 15 is 0 Å². The molecule has 2 aromatic rings. The highest BCUT2D eigenvalue weighted by molar-refractivity contribution is 7.80. The number of fused-ring (bicyclic) bond motifs is 1. The topological polar surface area (TPSA) is 54.9 Å². The zero-order chi connectivity index (χ0) is 17.5. The summed E-state index contributed by atoms with van der Waals surface area (Å²) in [6.45, 7) is 4.52. The number of nitrogens with one attached hydrogen (secondary N) is 2. The van der Waals surface area contributed by atoms with Crippen molar-refractivity contribution in [1.82, 2.24) is 10.7 Å². The monoisotopic (exact) mass is 345 g/mol.